The van der Waals surface area contributed by atoms with Crippen LogP contribution in [0.3, 0.4) is 0 Å². The molecule has 4 aromatic rings. The summed E-state index contributed by atoms with van der Waals surface area (Å²) in [5.41, 5.74) is 1.17. The van der Waals surface area contributed by atoms with E-state index in [9.17, 15) is 9.18 Å². The van der Waals surface area contributed by atoms with E-state index in [0.717, 1.165) is 10.8 Å². The number of rotatable bonds is 5. The Morgan fingerprint density at radius 2 is 1.66 bits per heavy atom. The fourth-order valence-corrected chi connectivity index (χ4v) is 3.21. The van der Waals surface area contributed by atoms with Gasteiger partial charge in [-0.25, -0.2) is 9.18 Å². The largest absolute Gasteiger partial charge is 0.497 e. The number of fused-ring (bicyclic) bond motifs is 1. The lowest BCUT2D eigenvalue weighted by atomic mass is 10.0. The number of pyridine rings is 1. The summed E-state index contributed by atoms with van der Waals surface area (Å²) in [6.45, 7) is 0. The van der Waals surface area contributed by atoms with Crippen LogP contribution < -0.4 is 4.74 Å². The molecule has 0 saturated carbocycles. The first-order chi connectivity index (χ1) is 14.2. The van der Waals surface area contributed by atoms with Gasteiger partial charge < -0.3 is 9.47 Å². The molecule has 0 radical (unpaired) electrons. The zero-order chi connectivity index (χ0) is 20.2. The molecule has 0 saturated heterocycles. The quantitative estimate of drug-likeness (QED) is 0.434. The molecule has 4 rings (SSSR count). The maximum absolute atomic E-state index is 14.1. The molecular weight excluding hydrogens is 369 g/mol. The van der Waals surface area contributed by atoms with E-state index < -0.39 is 17.9 Å². The van der Waals surface area contributed by atoms with E-state index >= 15 is 0 Å². The normalized spacial score (nSPS) is 11.8. The van der Waals surface area contributed by atoms with E-state index in [0.29, 0.717) is 17.0 Å². The Balaban J connectivity index is 1.80. The predicted molar refractivity (Wildman–Crippen MR) is 108 cm³/mol. The van der Waals surface area contributed by atoms with Crippen molar-refractivity contribution in [1.29, 1.82) is 0 Å². The summed E-state index contributed by atoms with van der Waals surface area (Å²) in [7, 11) is 1.58. The minimum Gasteiger partial charge on any atom is -0.497 e. The molecule has 0 N–H and O–H groups in total. The van der Waals surface area contributed by atoms with Gasteiger partial charge in [0.25, 0.3) is 0 Å². The molecule has 0 aliphatic carbocycles. The second kappa shape index (κ2) is 8.10. The smallest absolute Gasteiger partial charge is 0.342 e. The number of ether oxygens (including phenoxy) is 2. The van der Waals surface area contributed by atoms with Crippen molar-refractivity contribution in [3.8, 4) is 5.75 Å². The number of carbonyl (C=O) groups is 1. The summed E-state index contributed by atoms with van der Waals surface area (Å²) < 4.78 is 25.1. The number of nitrogens with zero attached hydrogens (tertiary/aromatic N) is 1. The van der Waals surface area contributed by atoms with Crippen LogP contribution in [-0.4, -0.2) is 18.1 Å². The Hall–Kier alpha value is -3.73. The van der Waals surface area contributed by atoms with Crippen LogP contribution in [0.15, 0.2) is 85.1 Å². The van der Waals surface area contributed by atoms with Gasteiger partial charge in [0.15, 0.2) is 6.10 Å². The van der Waals surface area contributed by atoms with E-state index in [4.69, 9.17) is 9.47 Å². The number of hydrogen-bond acceptors (Lipinski definition) is 4. The lowest BCUT2D eigenvalue weighted by molar-refractivity contribution is 0.0368. The number of halogens is 1. The summed E-state index contributed by atoms with van der Waals surface area (Å²) >= 11 is 0. The van der Waals surface area contributed by atoms with Crippen molar-refractivity contribution in [1.82, 2.24) is 4.98 Å². The van der Waals surface area contributed by atoms with Crippen LogP contribution >= 0.6 is 0 Å². The molecule has 0 aliphatic rings. The van der Waals surface area contributed by atoms with E-state index in [-0.39, 0.29) is 5.56 Å². The molecule has 0 amide bonds. The first-order valence-electron chi connectivity index (χ1n) is 9.10. The number of benzene rings is 3. The van der Waals surface area contributed by atoms with Crippen molar-refractivity contribution in [2.75, 3.05) is 7.11 Å². The highest BCUT2D eigenvalue weighted by Crippen LogP contribution is 2.32. The number of methoxy groups -OCH3 is 1. The van der Waals surface area contributed by atoms with Gasteiger partial charge >= 0.3 is 5.97 Å². The van der Waals surface area contributed by atoms with E-state index in [1.54, 1.807) is 31.5 Å². The molecule has 29 heavy (non-hydrogen) atoms. The zero-order valence-corrected chi connectivity index (χ0v) is 15.7. The maximum atomic E-state index is 14.1. The fraction of sp³-hybridized carbons (Fsp3) is 0.0833. The van der Waals surface area contributed by atoms with E-state index in [1.165, 1.54) is 18.2 Å². The number of aromatic nitrogens is 1. The van der Waals surface area contributed by atoms with Crippen LogP contribution in [0.1, 0.15) is 27.7 Å². The highest BCUT2D eigenvalue weighted by Gasteiger charge is 2.24. The number of carbonyl (C=O) groups excluding carboxylic acids is 1. The number of hydrogen-bond donors (Lipinski definition) is 0. The van der Waals surface area contributed by atoms with Crippen molar-refractivity contribution in [2.24, 2.45) is 0 Å². The molecular formula is C24H18FNO3. The highest BCUT2D eigenvalue weighted by atomic mass is 19.1. The number of esters is 1. The summed E-state index contributed by atoms with van der Waals surface area (Å²) in [5, 5.41) is 1.83. The van der Waals surface area contributed by atoms with Gasteiger partial charge in [-0.05, 0) is 41.3 Å². The topological polar surface area (TPSA) is 48.4 Å². The minimum absolute atomic E-state index is 0.119. The van der Waals surface area contributed by atoms with Crippen molar-refractivity contribution in [3.63, 3.8) is 0 Å². The average molecular weight is 387 g/mol. The summed E-state index contributed by atoms with van der Waals surface area (Å²) in [4.78, 5) is 17.3. The summed E-state index contributed by atoms with van der Waals surface area (Å²) in [5.74, 6) is -0.700. The molecule has 1 aromatic heterocycles. The molecule has 1 atom stereocenters. The molecule has 3 aromatic carbocycles. The van der Waals surface area contributed by atoms with Crippen LogP contribution in [0.2, 0.25) is 0 Å². The monoisotopic (exact) mass is 387 g/mol. The Morgan fingerprint density at radius 1 is 0.931 bits per heavy atom. The van der Waals surface area contributed by atoms with Gasteiger partial charge in [-0.3, -0.25) is 4.98 Å². The van der Waals surface area contributed by atoms with Crippen LogP contribution in [0.5, 0.6) is 5.75 Å². The van der Waals surface area contributed by atoms with Crippen molar-refractivity contribution in [2.45, 2.75) is 6.10 Å². The average Bonchev–Trinajstić information content (AvgIpc) is 2.77. The van der Waals surface area contributed by atoms with Gasteiger partial charge in [0.1, 0.15) is 11.6 Å². The van der Waals surface area contributed by atoms with Gasteiger partial charge in [0, 0.05) is 11.6 Å². The van der Waals surface area contributed by atoms with Gasteiger partial charge in [-0.15, -0.1) is 0 Å². The Labute approximate surface area is 167 Å². The van der Waals surface area contributed by atoms with E-state index in [2.05, 4.69) is 4.98 Å². The van der Waals surface area contributed by atoms with Gasteiger partial charge in [-0.2, -0.15) is 0 Å². The molecule has 0 aliphatic heterocycles. The van der Waals surface area contributed by atoms with Crippen LogP contribution in [0.4, 0.5) is 4.39 Å². The van der Waals surface area contributed by atoms with Gasteiger partial charge in [0.2, 0.25) is 0 Å². The van der Waals surface area contributed by atoms with Crippen molar-refractivity contribution in [3.05, 3.63) is 108 Å². The third-order valence-corrected chi connectivity index (χ3v) is 4.69. The molecule has 0 spiro atoms. The maximum Gasteiger partial charge on any atom is 0.342 e. The van der Waals surface area contributed by atoms with Gasteiger partial charge in [-0.1, -0.05) is 48.5 Å². The standard InChI is InChI=1S/C24H18FNO3/c1-28-18-12-10-17(11-13-18)23(29-24(27)20-8-4-5-9-21(20)25)22-19-7-3-2-6-16(19)14-15-26-22/h2-15,23H,1H3/t23-/m0/s1. The second-order valence-corrected chi connectivity index (χ2v) is 6.46. The third-order valence-electron chi connectivity index (χ3n) is 4.69. The van der Waals surface area contributed by atoms with Crippen LogP contribution in [-0.2, 0) is 4.74 Å². The predicted octanol–water partition coefficient (Wildman–Crippen LogP) is 5.33. The molecule has 5 heteroatoms. The Kier molecular flexibility index (Phi) is 5.20. The van der Waals surface area contributed by atoms with Gasteiger partial charge in [0.05, 0.1) is 18.4 Å². The molecule has 144 valence electrons. The highest BCUT2D eigenvalue weighted by molar-refractivity contribution is 5.90. The third kappa shape index (κ3) is 3.80. The minimum atomic E-state index is -0.806. The van der Waals surface area contributed by atoms with Crippen molar-refractivity contribution < 1.29 is 18.7 Å². The lowest BCUT2D eigenvalue weighted by Crippen LogP contribution is -2.15. The first kappa shape index (κ1) is 18.6. The molecule has 0 unspecified atom stereocenters. The zero-order valence-electron chi connectivity index (χ0n) is 15.7. The lowest BCUT2D eigenvalue weighted by Gasteiger charge is -2.20. The molecule has 1 heterocycles. The molecule has 0 bridgehead atoms. The molecule has 0 fully saturated rings. The Bertz CT molecular complexity index is 1150. The first-order valence-corrected chi connectivity index (χ1v) is 9.10. The Morgan fingerprint density at radius 3 is 2.41 bits per heavy atom. The fourth-order valence-electron chi connectivity index (χ4n) is 3.21. The molecule has 4 nitrogen and oxygen atoms in total. The van der Waals surface area contributed by atoms with Crippen LogP contribution in [0.25, 0.3) is 10.8 Å². The summed E-state index contributed by atoms with van der Waals surface area (Å²) in [6, 6.07) is 22.5. The van der Waals surface area contributed by atoms with E-state index in [1.807, 2.05) is 42.5 Å². The SMILES string of the molecule is COc1ccc([C@H](OC(=O)c2ccccc2F)c2nccc3ccccc23)cc1. The summed E-state index contributed by atoms with van der Waals surface area (Å²) in [6.07, 6.45) is 0.865. The second-order valence-electron chi connectivity index (χ2n) is 6.46. The van der Waals surface area contributed by atoms with Crippen LogP contribution in [0, 0.1) is 5.82 Å². The van der Waals surface area contributed by atoms with Crippen molar-refractivity contribution >= 4 is 16.7 Å².